The number of methoxy groups -OCH3 is 1. The van der Waals surface area contributed by atoms with Gasteiger partial charge in [0.1, 0.15) is 5.75 Å². The first-order valence-corrected chi connectivity index (χ1v) is 11.6. The lowest BCUT2D eigenvalue weighted by molar-refractivity contribution is 0.415. The van der Waals surface area contributed by atoms with Gasteiger partial charge in [-0.05, 0) is 48.5 Å². The summed E-state index contributed by atoms with van der Waals surface area (Å²) in [5.41, 5.74) is 3.50. The van der Waals surface area contributed by atoms with E-state index in [4.69, 9.17) is 16.3 Å². The van der Waals surface area contributed by atoms with E-state index in [9.17, 15) is 4.79 Å². The highest BCUT2D eigenvalue weighted by Gasteiger charge is 2.19. The molecule has 0 radical (unpaired) electrons. The smallest absolute Gasteiger partial charge is 0.301 e. The third-order valence-electron chi connectivity index (χ3n) is 5.09. The van der Waals surface area contributed by atoms with Gasteiger partial charge in [0.05, 0.1) is 24.2 Å². The number of nitrogens with zero attached hydrogens (tertiary/aromatic N) is 4. The highest BCUT2D eigenvalue weighted by atomic mass is 35.5. The molecular weight excluding hydrogens is 470 g/mol. The quantitative estimate of drug-likeness (QED) is 0.261. The number of benzene rings is 3. The maximum absolute atomic E-state index is 13.4. The Kier molecular flexibility index (Phi) is 6.07. The molecule has 1 N–H and O–H groups in total. The summed E-state index contributed by atoms with van der Waals surface area (Å²) in [4.78, 5) is 18.0. The van der Waals surface area contributed by atoms with E-state index in [1.165, 1.54) is 16.0 Å². The molecule has 0 saturated heterocycles. The topological polar surface area (TPSA) is 84.6 Å². The van der Waals surface area contributed by atoms with Gasteiger partial charge in [-0.1, -0.05) is 41.9 Å². The van der Waals surface area contributed by atoms with Crippen molar-refractivity contribution in [2.24, 2.45) is 10.2 Å². The molecule has 0 aliphatic heterocycles. The van der Waals surface area contributed by atoms with Crippen molar-refractivity contribution in [1.82, 2.24) is 14.8 Å². The predicted molar refractivity (Wildman–Crippen MR) is 135 cm³/mol. The lowest BCUT2D eigenvalue weighted by Crippen LogP contribution is -2.13. The van der Waals surface area contributed by atoms with Crippen molar-refractivity contribution < 1.29 is 4.74 Å². The van der Waals surface area contributed by atoms with Crippen molar-refractivity contribution in [3.8, 4) is 33.4 Å². The third kappa shape index (κ3) is 4.41. The minimum atomic E-state index is -0.341. The summed E-state index contributed by atoms with van der Waals surface area (Å²) in [5.74, 6) is 0.767. The Hall–Kier alpha value is -4.01. The van der Waals surface area contributed by atoms with Crippen molar-refractivity contribution >= 4 is 34.3 Å². The minimum Gasteiger partial charge on any atom is -0.497 e. The van der Waals surface area contributed by atoms with Crippen LogP contribution in [0.3, 0.4) is 0 Å². The maximum atomic E-state index is 13.4. The molecule has 34 heavy (non-hydrogen) atoms. The zero-order valence-corrected chi connectivity index (χ0v) is 19.5. The summed E-state index contributed by atoms with van der Waals surface area (Å²) in [6.45, 7) is 0. The van der Waals surface area contributed by atoms with E-state index in [2.05, 4.69) is 20.3 Å². The van der Waals surface area contributed by atoms with E-state index in [1.54, 1.807) is 31.4 Å². The normalized spacial score (nSPS) is 11.2. The molecule has 0 aliphatic rings. The van der Waals surface area contributed by atoms with Crippen LogP contribution in [-0.4, -0.2) is 21.9 Å². The number of thiazole rings is 1. The molecule has 0 bridgehead atoms. The van der Waals surface area contributed by atoms with Crippen molar-refractivity contribution in [3.63, 3.8) is 0 Å². The lowest BCUT2D eigenvalue weighted by Gasteiger charge is -2.00. The predicted octanol–water partition coefficient (Wildman–Crippen LogP) is 7.03. The molecule has 0 atom stereocenters. The van der Waals surface area contributed by atoms with Crippen LogP contribution in [-0.2, 0) is 0 Å². The largest absolute Gasteiger partial charge is 0.497 e. The Morgan fingerprint density at radius 2 is 1.68 bits per heavy atom. The average Bonchev–Trinajstić information content (AvgIpc) is 3.49. The first-order chi connectivity index (χ1) is 16.6. The zero-order valence-electron chi connectivity index (χ0n) is 18.0. The fourth-order valence-electron chi connectivity index (χ4n) is 3.34. The van der Waals surface area contributed by atoms with E-state index >= 15 is 0 Å². The second-order valence-electron chi connectivity index (χ2n) is 7.26. The number of aromatic nitrogens is 3. The van der Waals surface area contributed by atoms with Crippen LogP contribution in [0.5, 0.6) is 5.75 Å². The van der Waals surface area contributed by atoms with Gasteiger partial charge in [-0.25, -0.2) is 4.98 Å². The lowest BCUT2D eigenvalue weighted by atomic mass is 10.1. The maximum Gasteiger partial charge on any atom is 0.301 e. The van der Waals surface area contributed by atoms with E-state index in [0.29, 0.717) is 21.5 Å². The number of hydrogen-bond donors (Lipinski definition) is 1. The second-order valence-corrected chi connectivity index (χ2v) is 8.54. The number of rotatable bonds is 6. The first kappa shape index (κ1) is 21.8. The number of azo groups is 1. The van der Waals surface area contributed by atoms with Gasteiger partial charge in [0, 0.05) is 21.5 Å². The number of aromatic amines is 1. The monoisotopic (exact) mass is 487 g/mol. The second kappa shape index (κ2) is 9.46. The fraction of sp³-hybridized carbons (Fsp3) is 0.0400. The first-order valence-electron chi connectivity index (χ1n) is 10.3. The van der Waals surface area contributed by atoms with Gasteiger partial charge in [0.25, 0.3) is 0 Å². The Bertz CT molecular complexity index is 1500. The zero-order chi connectivity index (χ0) is 23.5. The van der Waals surface area contributed by atoms with Crippen LogP contribution in [0, 0.1) is 0 Å². The molecule has 0 saturated carbocycles. The number of hydrogen-bond acceptors (Lipinski definition) is 6. The van der Waals surface area contributed by atoms with Gasteiger partial charge < -0.3 is 4.74 Å². The van der Waals surface area contributed by atoms with Crippen LogP contribution in [0.1, 0.15) is 0 Å². The highest BCUT2D eigenvalue weighted by molar-refractivity contribution is 7.12. The van der Waals surface area contributed by atoms with Crippen LogP contribution in [0.4, 0.5) is 11.4 Å². The Morgan fingerprint density at radius 1 is 0.941 bits per heavy atom. The molecule has 7 nitrogen and oxygen atoms in total. The van der Waals surface area contributed by atoms with Crippen LogP contribution >= 0.6 is 22.9 Å². The van der Waals surface area contributed by atoms with Gasteiger partial charge >= 0.3 is 5.56 Å². The summed E-state index contributed by atoms with van der Waals surface area (Å²) in [6.07, 6.45) is 0. The van der Waals surface area contributed by atoms with Gasteiger partial charge in [-0.15, -0.1) is 16.5 Å². The van der Waals surface area contributed by atoms with Crippen molar-refractivity contribution in [3.05, 3.63) is 99.6 Å². The average molecular weight is 488 g/mol. The molecule has 0 aliphatic carbocycles. The molecule has 2 heterocycles. The Morgan fingerprint density at radius 3 is 2.38 bits per heavy atom. The minimum absolute atomic E-state index is 0.197. The number of ether oxygens (including phenoxy) is 1. The summed E-state index contributed by atoms with van der Waals surface area (Å²) in [7, 11) is 1.62. The standard InChI is InChI=1S/C25H18ClN5O2S/c1-33-20-13-7-16(8-14-20)21-15-34-25(27-21)31-24(32)23(22(30-31)17-5-3-2-4-6-17)29-28-19-11-9-18(26)10-12-19/h2-15,30H,1H3. The molecule has 5 aromatic rings. The molecule has 2 aromatic heterocycles. The van der Waals surface area contributed by atoms with Crippen LogP contribution in [0.2, 0.25) is 5.02 Å². The van der Waals surface area contributed by atoms with Crippen molar-refractivity contribution in [2.45, 2.75) is 0 Å². The van der Waals surface area contributed by atoms with E-state index in [0.717, 1.165) is 22.6 Å². The molecular formula is C25H18ClN5O2S. The summed E-state index contributed by atoms with van der Waals surface area (Å²) < 4.78 is 6.62. The van der Waals surface area contributed by atoms with Crippen molar-refractivity contribution in [2.75, 3.05) is 7.11 Å². The van der Waals surface area contributed by atoms with Gasteiger partial charge in [0.15, 0.2) is 5.69 Å². The molecule has 9 heteroatoms. The molecule has 0 amide bonds. The van der Waals surface area contributed by atoms with E-state index in [1.807, 2.05) is 60.0 Å². The van der Waals surface area contributed by atoms with Gasteiger partial charge in [0.2, 0.25) is 5.13 Å². The van der Waals surface area contributed by atoms with Gasteiger partial charge in [-0.2, -0.15) is 9.80 Å². The van der Waals surface area contributed by atoms with Crippen LogP contribution in [0.25, 0.3) is 27.6 Å². The van der Waals surface area contributed by atoms with Gasteiger partial charge in [-0.3, -0.25) is 9.89 Å². The number of H-pyrrole nitrogens is 1. The number of halogens is 1. The summed E-state index contributed by atoms with van der Waals surface area (Å²) in [5, 5.41) is 14.7. The highest BCUT2D eigenvalue weighted by Crippen LogP contribution is 2.30. The molecule has 3 aromatic carbocycles. The molecule has 0 unspecified atom stereocenters. The van der Waals surface area contributed by atoms with E-state index < -0.39 is 0 Å². The molecule has 168 valence electrons. The van der Waals surface area contributed by atoms with Crippen LogP contribution < -0.4 is 10.3 Å². The summed E-state index contributed by atoms with van der Waals surface area (Å²) >= 11 is 7.31. The third-order valence-corrected chi connectivity index (χ3v) is 6.17. The SMILES string of the molecule is COc1ccc(-c2csc(-n3[nH]c(-c4ccccc4)c(N=Nc4ccc(Cl)cc4)c3=O)n2)cc1. The van der Waals surface area contributed by atoms with Crippen LogP contribution in [0.15, 0.2) is 99.3 Å². The Balaban J connectivity index is 1.56. The molecule has 0 fully saturated rings. The number of nitrogens with one attached hydrogen (secondary N) is 1. The van der Waals surface area contributed by atoms with E-state index in [-0.39, 0.29) is 11.2 Å². The molecule has 5 rings (SSSR count). The molecule has 0 spiro atoms. The van der Waals surface area contributed by atoms with Crippen molar-refractivity contribution in [1.29, 1.82) is 0 Å². The Labute approximate surface area is 204 Å². The summed E-state index contributed by atoms with van der Waals surface area (Å²) in [6, 6.07) is 24.0. The fourth-order valence-corrected chi connectivity index (χ4v) is 4.26.